The van der Waals surface area contributed by atoms with E-state index >= 15 is 0 Å². The van der Waals surface area contributed by atoms with Crippen molar-refractivity contribution in [2.75, 3.05) is 10.6 Å². The average Bonchev–Trinajstić information content (AvgIpc) is 3.16. The molecule has 0 aliphatic carbocycles. The van der Waals surface area contributed by atoms with Gasteiger partial charge in [0.2, 0.25) is 5.91 Å². The second-order valence-corrected chi connectivity index (χ2v) is 8.32. The summed E-state index contributed by atoms with van der Waals surface area (Å²) in [6.07, 6.45) is 1.65. The molecule has 5 nitrogen and oxygen atoms in total. The lowest BCUT2D eigenvalue weighted by Gasteiger charge is -2.11. The van der Waals surface area contributed by atoms with Crippen molar-refractivity contribution in [3.05, 3.63) is 70.7 Å². The highest BCUT2D eigenvalue weighted by Gasteiger charge is 2.15. The van der Waals surface area contributed by atoms with Crippen molar-refractivity contribution < 1.29 is 9.59 Å². The highest BCUT2D eigenvalue weighted by Crippen LogP contribution is 2.26. The lowest BCUT2D eigenvalue weighted by atomic mass is 10.2. The van der Waals surface area contributed by atoms with Crippen molar-refractivity contribution in [1.82, 2.24) is 4.98 Å². The molecule has 0 bridgehead atoms. The van der Waals surface area contributed by atoms with Crippen LogP contribution in [0.2, 0.25) is 5.02 Å². The first-order valence-corrected chi connectivity index (χ1v) is 10.2. The van der Waals surface area contributed by atoms with E-state index in [1.807, 2.05) is 24.4 Å². The Morgan fingerprint density at radius 1 is 1.15 bits per heavy atom. The van der Waals surface area contributed by atoms with Crippen molar-refractivity contribution in [1.29, 1.82) is 0 Å². The number of thiazole rings is 1. The maximum atomic E-state index is 12.2. The molecule has 1 unspecified atom stereocenters. The van der Waals surface area contributed by atoms with Gasteiger partial charge in [-0.1, -0.05) is 17.7 Å². The lowest BCUT2D eigenvalue weighted by Crippen LogP contribution is -2.22. The molecule has 3 rings (SSSR count). The number of benzene rings is 2. The zero-order valence-electron chi connectivity index (χ0n) is 14.3. The van der Waals surface area contributed by atoms with Gasteiger partial charge < -0.3 is 10.6 Å². The topological polar surface area (TPSA) is 71.1 Å². The minimum atomic E-state index is -0.277. The molecule has 0 fully saturated rings. The molecule has 0 radical (unpaired) electrons. The van der Waals surface area contributed by atoms with Crippen molar-refractivity contribution in [2.45, 2.75) is 17.1 Å². The summed E-state index contributed by atoms with van der Waals surface area (Å²) in [6.45, 7) is 1.84. The fraction of sp³-hybridized carbons (Fsp3) is 0.105. The highest BCUT2D eigenvalue weighted by atomic mass is 35.5. The SMILES string of the molecule is CC(Sc1ccc(NC(=O)c2cccc(Cl)c2)cc1)C(=O)Nc1nccs1. The van der Waals surface area contributed by atoms with E-state index in [0.717, 1.165) is 4.90 Å². The van der Waals surface area contributed by atoms with Crippen molar-refractivity contribution in [3.63, 3.8) is 0 Å². The number of thioether (sulfide) groups is 1. The Hall–Kier alpha value is -2.35. The first kappa shape index (κ1) is 19.4. The van der Waals surface area contributed by atoms with Gasteiger partial charge in [-0.15, -0.1) is 23.1 Å². The standard InChI is InChI=1S/C19H16ClN3O2S2/c1-12(17(24)23-19-21-9-10-26-19)27-16-7-5-15(6-8-16)22-18(25)13-3-2-4-14(20)11-13/h2-12H,1H3,(H,22,25)(H,21,23,24). The van der Waals surface area contributed by atoms with Crippen LogP contribution in [0, 0.1) is 0 Å². The van der Waals surface area contributed by atoms with Gasteiger partial charge >= 0.3 is 0 Å². The Balaban J connectivity index is 1.56. The van der Waals surface area contributed by atoms with Crippen LogP contribution in [0.3, 0.4) is 0 Å². The first-order valence-electron chi connectivity index (χ1n) is 8.05. The van der Waals surface area contributed by atoms with Crippen LogP contribution < -0.4 is 10.6 Å². The molecule has 0 saturated heterocycles. The van der Waals surface area contributed by atoms with Crippen LogP contribution in [0.1, 0.15) is 17.3 Å². The van der Waals surface area contributed by atoms with Crippen LogP contribution in [0.15, 0.2) is 65.0 Å². The fourth-order valence-electron chi connectivity index (χ4n) is 2.20. The summed E-state index contributed by atoms with van der Waals surface area (Å²) in [7, 11) is 0. The van der Waals surface area contributed by atoms with Crippen LogP contribution in [-0.4, -0.2) is 22.0 Å². The number of carbonyl (C=O) groups excluding carboxylic acids is 2. The molecule has 2 amide bonds. The van der Waals surface area contributed by atoms with E-state index in [-0.39, 0.29) is 17.1 Å². The summed E-state index contributed by atoms with van der Waals surface area (Å²) in [5.41, 5.74) is 1.16. The Bertz CT molecular complexity index is 930. The van der Waals surface area contributed by atoms with Crippen LogP contribution >= 0.6 is 34.7 Å². The zero-order valence-corrected chi connectivity index (χ0v) is 16.7. The molecule has 8 heteroatoms. The number of hydrogen-bond donors (Lipinski definition) is 2. The number of nitrogens with one attached hydrogen (secondary N) is 2. The molecular formula is C19H16ClN3O2S2. The second kappa shape index (κ2) is 9.03. The molecular weight excluding hydrogens is 402 g/mol. The van der Waals surface area contributed by atoms with Crippen molar-refractivity contribution in [2.24, 2.45) is 0 Å². The van der Waals surface area contributed by atoms with Gasteiger partial charge in [0.05, 0.1) is 5.25 Å². The van der Waals surface area contributed by atoms with Gasteiger partial charge in [-0.3, -0.25) is 9.59 Å². The van der Waals surface area contributed by atoms with Gasteiger partial charge in [0.15, 0.2) is 5.13 Å². The second-order valence-electron chi connectivity index (χ2n) is 5.58. The Morgan fingerprint density at radius 3 is 2.59 bits per heavy atom. The molecule has 1 atom stereocenters. The average molecular weight is 418 g/mol. The van der Waals surface area contributed by atoms with Crippen LogP contribution in [0.25, 0.3) is 0 Å². The third kappa shape index (κ3) is 5.56. The number of aromatic nitrogens is 1. The molecule has 138 valence electrons. The largest absolute Gasteiger partial charge is 0.322 e. The quantitative estimate of drug-likeness (QED) is 0.543. The molecule has 27 heavy (non-hydrogen) atoms. The van der Waals surface area contributed by atoms with Gasteiger partial charge in [0, 0.05) is 32.7 Å². The number of halogens is 1. The number of hydrogen-bond acceptors (Lipinski definition) is 5. The molecule has 2 N–H and O–H groups in total. The highest BCUT2D eigenvalue weighted by molar-refractivity contribution is 8.00. The van der Waals surface area contributed by atoms with Crippen LogP contribution in [0.4, 0.5) is 10.8 Å². The van der Waals surface area contributed by atoms with E-state index in [2.05, 4.69) is 15.6 Å². The minimum absolute atomic E-state index is 0.103. The van der Waals surface area contributed by atoms with E-state index in [4.69, 9.17) is 11.6 Å². The summed E-state index contributed by atoms with van der Waals surface area (Å²) in [6, 6.07) is 14.1. The molecule has 0 aliphatic heterocycles. The van der Waals surface area contributed by atoms with E-state index in [0.29, 0.717) is 21.4 Å². The molecule has 1 heterocycles. The number of anilines is 2. The smallest absolute Gasteiger partial charge is 0.255 e. The predicted molar refractivity (Wildman–Crippen MR) is 112 cm³/mol. The molecule has 0 saturated carbocycles. The maximum Gasteiger partial charge on any atom is 0.255 e. The third-order valence-electron chi connectivity index (χ3n) is 3.54. The summed E-state index contributed by atoms with van der Waals surface area (Å²) in [5, 5.41) is 8.24. The van der Waals surface area contributed by atoms with Gasteiger partial charge in [-0.2, -0.15) is 0 Å². The molecule has 3 aromatic rings. The number of amides is 2. The summed E-state index contributed by atoms with van der Waals surface area (Å²) in [5.74, 6) is -0.331. The fourth-order valence-corrected chi connectivity index (χ4v) is 3.79. The van der Waals surface area contributed by atoms with E-state index < -0.39 is 0 Å². The Kier molecular flexibility index (Phi) is 6.49. The van der Waals surface area contributed by atoms with Gasteiger partial charge in [0.1, 0.15) is 0 Å². The maximum absolute atomic E-state index is 12.2. The molecule has 2 aromatic carbocycles. The Labute approximate surface area is 170 Å². The van der Waals surface area contributed by atoms with E-state index in [9.17, 15) is 9.59 Å². The summed E-state index contributed by atoms with van der Waals surface area (Å²) >= 11 is 8.73. The number of carbonyl (C=O) groups is 2. The molecule has 0 spiro atoms. The minimum Gasteiger partial charge on any atom is -0.322 e. The zero-order chi connectivity index (χ0) is 19.2. The molecule has 0 aliphatic rings. The molecule has 1 aromatic heterocycles. The summed E-state index contributed by atoms with van der Waals surface area (Å²) < 4.78 is 0. The van der Waals surface area contributed by atoms with Crippen molar-refractivity contribution in [3.8, 4) is 0 Å². The van der Waals surface area contributed by atoms with Crippen LogP contribution in [0.5, 0.6) is 0 Å². The monoisotopic (exact) mass is 417 g/mol. The number of nitrogens with zero attached hydrogens (tertiary/aromatic N) is 1. The third-order valence-corrected chi connectivity index (χ3v) is 5.58. The normalized spacial score (nSPS) is 11.6. The predicted octanol–water partition coefficient (Wildman–Crippen LogP) is 5.17. The first-order chi connectivity index (χ1) is 13.0. The van der Waals surface area contributed by atoms with E-state index in [1.54, 1.807) is 42.6 Å². The summed E-state index contributed by atoms with van der Waals surface area (Å²) in [4.78, 5) is 29.4. The van der Waals surface area contributed by atoms with Gasteiger partial charge in [-0.25, -0.2) is 4.98 Å². The van der Waals surface area contributed by atoms with Gasteiger partial charge in [0.25, 0.3) is 5.91 Å². The van der Waals surface area contributed by atoms with Gasteiger partial charge in [-0.05, 0) is 49.4 Å². The van der Waals surface area contributed by atoms with Crippen molar-refractivity contribution >= 4 is 57.3 Å². The lowest BCUT2D eigenvalue weighted by molar-refractivity contribution is -0.115. The van der Waals surface area contributed by atoms with E-state index in [1.165, 1.54) is 23.1 Å². The Morgan fingerprint density at radius 2 is 1.93 bits per heavy atom. The number of rotatable bonds is 6. The van der Waals surface area contributed by atoms with Crippen LogP contribution in [-0.2, 0) is 4.79 Å².